The highest BCUT2D eigenvalue weighted by Crippen LogP contribution is 2.39. The lowest BCUT2D eigenvalue weighted by molar-refractivity contribution is -0.138. The standard InChI is InChI=1S/C15H23N3O2S/c1-3-10(2)17-6-8-18(9-7-17)15-16-13-11(14(19)20)4-5-12(13)21-15/h10-11H,3-9H2,1-2H3,(H,19,20). The summed E-state index contributed by atoms with van der Waals surface area (Å²) in [4.78, 5) is 21.9. The second-order valence-electron chi connectivity index (χ2n) is 6.01. The zero-order valence-electron chi connectivity index (χ0n) is 12.7. The molecule has 3 rings (SSSR count). The van der Waals surface area contributed by atoms with Crippen molar-refractivity contribution in [2.24, 2.45) is 0 Å². The van der Waals surface area contributed by atoms with Crippen LogP contribution in [-0.4, -0.2) is 53.2 Å². The van der Waals surface area contributed by atoms with Gasteiger partial charge < -0.3 is 10.0 Å². The number of aliphatic carboxylic acids is 1. The summed E-state index contributed by atoms with van der Waals surface area (Å²) in [6.07, 6.45) is 2.77. The first-order valence-corrected chi connectivity index (χ1v) is 8.63. The monoisotopic (exact) mass is 309 g/mol. The van der Waals surface area contributed by atoms with E-state index in [1.807, 2.05) is 0 Å². The average molecular weight is 309 g/mol. The van der Waals surface area contributed by atoms with Crippen LogP contribution in [0.15, 0.2) is 0 Å². The summed E-state index contributed by atoms with van der Waals surface area (Å²) in [5.74, 6) is -1.11. The lowest BCUT2D eigenvalue weighted by Crippen LogP contribution is -2.49. The average Bonchev–Trinajstić information content (AvgIpc) is 3.06. The molecule has 1 aromatic rings. The quantitative estimate of drug-likeness (QED) is 0.924. The van der Waals surface area contributed by atoms with Gasteiger partial charge in [0.1, 0.15) is 5.92 Å². The number of fused-ring (bicyclic) bond motifs is 1. The molecule has 0 bridgehead atoms. The van der Waals surface area contributed by atoms with Crippen LogP contribution in [0.4, 0.5) is 5.13 Å². The Kier molecular flexibility index (Phi) is 4.17. The first-order valence-electron chi connectivity index (χ1n) is 7.81. The van der Waals surface area contributed by atoms with Crippen molar-refractivity contribution < 1.29 is 9.90 Å². The van der Waals surface area contributed by atoms with Gasteiger partial charge in [-0.15, -0.1) is 11.3 Å². The van der Waals surface area contributed by atoms with E-state index in [4.69, 9.17) is 0 Å². The van der Waals surface area contributed by atoms with Gasteiger partial charge in [-0.2, -0.15) is 0 Å². The van der Waals surface area contributed by atoms with Gasteiger partial charge in [0, 0.05) is 37.1 Å². The number of aryl methyl sites for hydroxylation is 1. The first kappa shape index (κ1) is 14.8. The molecule has 6 heteroatoms. The van der Waals surface area contributed by atoms with Crippen molar-refractivity contribution >= 4 is 22.4 Å². The Balaban J connectivity index is 1.67. The highest BCUT2D eigenvalue weighted by Gasteiger charge is 2.33. The molecule has 1 saturated heterocycles. The summed E-state index contributed by atoms with van der Waals surface area (Å²) in [6.45, 7) is 8.64. The summed E-state index contributed by atoms with van der Waals surface area (Å²) < 4.78 is 0. The van der Waals surface area contributed by atoms with Crippen LogP contribution < -0.4 is 4.90 Å². The Morgan fingerprint density at radius 1 is 1.43 bits per heavy atom. The molecule has 2 atom stereocenters. The Hall–Kier alpha value is -1.14. The van der Waals surface area contributed by atoms with Crippen LogP contribution in [0, 0.1) is 0 Å². The molecule has 116 valence electrons. The summed E-state index contributed by atoms with van der Waals surface area (Å²) in [6, 6.07) is 0.643. The second-order valence-corrected chi connectivity index (χ2v) is 7.08. The number of piperazine rings is 1. The number of anilines is 1. The Morgan fingerprint density at radius 2 is 2.14 bits per heavy atom. The van der Waals surface area contributed by atoms with Crippen molar-refractivity contribution in [3.63, 3.8) is 0 Å². The van der Waals surface area contributed by atoms with Gasteiger partial charge in [-0.1, -0.05) is 6.92 Å². The van der Waals surface area contributed by atoms with Gasteiger partial charge in [-0.25, -0.2) is 4.98 Å². The minimum atomic E-state index is -0.729. The van der Waals surface area contributed by atoms with Crippen molar-refractivity contribution in [1.82, 2.24) is 9.88 Å². The Labute approximate surface area is 129 Å². The number of nitrogens with zero attached hydrogens (tertiary/aromatic N) is 3. The number of aromatic nitrogens is 1. The van der Waals surface area contributed by atoms with E-state index in [1.165, 1.54) is 11.3 Å². The molecule has 2 heterocycles. The topological polar surface area (TPSA) is 56.7 Å². The highest BCUT2D eigenvalue weighted by atomic mass is 32.1. The molecule has 21 heavy (non-hydrogen) atoms. The molecule has 0 amide bonds. The summed E-state index contributed by atoms with van der Waals surface area (Å²) in [7, 11) is 0. The molecule has 5 nitrogen and oxygen atoms in total. The summed E-state index contributed by atoms with van der Waals surface area (Å²) in [5, 5.41) is 10.3. The molecule has 1 fully saturated rings. The Bertz CT molecular complexity index is 523. The molecule has 0 radical (unpaired) electrons. The number of carbonyl (C=O) groups is 1. The van der Waals surface area contributed by atoms with Gasteiger partial charge in [0.2, 0.25) is 0 Å². The van der Waals surface area contributed by atoms with Gasteiger partial charge in [-0.05, 0) is 26.2 Å². The van der Waals surface area contributed by atoms with Crippen LogP contribution in [0.25, 0.3) is 0 Å². The normalized spacial score (nSPS) is 24.1. The first-order chi connectivity index (χ1) is 10.1. The van der Waals surface area contributed by atoms with Gasteiger partial charge in [0.25, 0.3) is 0 Å². The van der Waals surface area contributed by atoms with Crippen molar-refractivity contribution in [2.45, 2.75) is 45.1 Å². The fourth-order valence-electron chi connectivity index (χ4n) is 3.20. The van der Waals surface area contributed by atoms with Crippen LogP contribution in [0.5, 0.6) is 0 Å². The van der Waals surface area contributed by atoms with Gasteiger partial charge in [-0.3, -0.25) is 9.69 Å². The molecule has 2 unspecified atom stereocenters. The minimum absolute atomic E-state index is 0.383. The fourth-order valence-corrected chi connectivity index (χ4v) is 4.39. The molecule has 2 aliphatic rings. The SMILES string of the molecule is CCC(C)N1CCN(c2nc3c(s2)CCC3C(=O)O)CC1. The third-order valence-corrected chi connectivity index (χ3v) is 6.00. The fraction of sp³-hybridized carbons (Fsp3) is 0.733. The predicted molar refractivity (Wildman–Crippen MR) is 84.4 cm³/mol. The second kappa shape index (κ2) is 5.93. The van der Waals surface area contributed by atoms with Gasteiger partial charge in [0.15, 0.2) is 5.13 Å². The molecule has 1 aromatic heterocycles. The molecule has 1 aliphatic heterocycles. The van der Waals surface area contributed by atoms with Crippen LogP contribution in [0.3, 0.4) is 0 Å². The third-order valence-electron chi connectivity index (χ3n) is 4.80. The largest absolute Gasteiger partial charge is 0.481 e. The molecule has 0 aromatic carbocycles. The van der Waals surface area contributed by atoms with Crippen LogP contribution in [0.1, 0.15) is 43.2 Å². The number of rotatable bonds is 4. The summed E-state index contributed by atoms with van der Waals surface area (Å²) in [5.41, 5.74) is 0.826. The number of hydrogen-bond donors (Lipinski definition) is 1. The maximum absolute atomic E-state index is 11.2. The van der Waals surface area contributed by atoms with E-state index in [-0.39, 0.29) is 5.92 Å². The van der Waals surface area contributed by atoms with Crippen molar-refractivity contribution in [3.05, 3.63) is 10.6 Å². The van der Waals surface area contributed by atoms with E-state index < -0.39 is 5.97 Å². The Morgan fingerprint density at radius 3 is 2.76 bits per heavy atom. The number of carboxylic acid groups (broad SMARTS) is 1. The molecular formula is C15H23N3O2S. The maximum atomic E-state index is 11.2. The van der Waals surface area contributed by atoms with Gasteiger partial charge in [0.05, 0.1) is 5.69 Å². The lowest BCUT2D eigenvalue weighted by Gasteiger charge is -2.37. The molecule has 1 aliphatic carbocycles. The van der Waals surface area contributed by atoms with Crippen molar-refractivity contribution in [3.8, 4) is 0 Å². The highest BCUT2D eigenvalue weighted by molar-refractivity contribution is 7.15. The maximum Gasteiger partial charge on any atom is 0.312 e. The van der Waals surface area contributed by atoms with E-state index in [0.717, 1.165) is 43.4 Å². The van der Waals surface area contributed by atoms with Gasteiger partial charge >= 0.3 is 5.97 Å². The van der Waals surface area contributed by atoms with E-state index >= 15 is 0 Å². The lowest BCUT2D eigenvalue weighted by atomic mass is 10.1. The van der Waals surface area contributed by atoms with Crippen molar-refractivity contribution in [1.29, 1.82) is 0 Å². The minimum Gasteiger partial charge on any atom is -0.481 e. The van der Waals surface area contributed by atoms with Crippen molar-refractivity contribution in [2.75, 3.05) is 31.1 Å². The van der Waals surface area contributed by atoms with E-state index in [1.54, 1.807) is 11.3 Å². The smallest absolute Gasteiger partial charge is 0.312 e. The van der Waals surface area contributed by atoms with E-state index in [9.17, 15) is 9.90 Å². The zero-order chi connectivity index (χ0) is 15.0. The molecule has 0 saturated carbocycles. The van der Waals surface area contributed by atoms with Crippen LogP contribution in [-0.2, 0) is 11.2 Å². The third kappa shape index (κ3) is 2.79. The van der Waals surface area contributed by atoms with E-state index in [2.05, 4.69) is 28.6 Å². The predicted octanol–water partition coefficient (Wildman–Crippen LogP) is 2.18. The van der Waals surface area contributed by atoms with Crippen LogP contribution >= 0.6 is 11.3 Å². The number of hydrogen-bond acceptors (Lipinski definition) is 5. The molecule has 1 N–H and O–H groups in total. The summed E-state index contributed by atoms with van der Waals surface area (Å²) >= 11 is 1.70. The number of thiazole rings is 1. The molecule has 0 spiro atoms. The van der Waals surface area contributed by atoms with Crippen LogP contribution in [0.2, 0.25) is 0 Å². The zero-order valence-corrected chi connectivity index (χ0v) is 13.5. The van der Waals surface area contributed by atoms with E-state index in [0.29, 0.717) is 12.5 Å². The number of carboxylic acids is 1. The molecular weight excluding hydrogens is 286 g/mol.